The zero-order chi connectivity index (χ0) is 12.0. The average Bonchev–Trinajstić information content (AvgIpc) is 2.17. The standard InChI is InChI=1S/C5H4Cl2N2.C5H6N2/c1-3-8-4(6)2-5(7)9-3;1-5-6-3-2-4-7-5/h2H,1H3;2-4H,1H3. The van der Waals surface area contributed by atoms with Crippen molar-refractivity contribution in [2.24, 2.45) is 0 Å². The van der Waals surface area contributed by atoms with E-state index in [0.717, 1.165) is 5.82 Å². The number of aryl methyl sites for hydroxylation is 2. The van der Waals surface area contributed by atoms with E-state index < -0.39 is 0 Å². The minimum Gasteiger partial charge on any atom is -0.242 e. The van der Waals surface area contributed by atoms with E-state index in [1.807, 2.05) is 6.92 Å². The van der Waals surface area contributed by atoms with Gasteiger partial charge in [0.2, 0.25) is 0 Å². The normalized spacial score (nSPS) is 9.25. The molecule has 6 heteroatoms. The first-order valence-electron chi connectivity index (χ1n) is 4.48. The Balaban J connectivity index is 0.000000165. The minimum absolute atomic E-state index is 0.382. The van der Waals surface area contributed by atoms with Gasteiger partial charge in [0.05, 0.1) is 0 Å². The number of aromatic nitrogens is 4. The van der Waals surface area contributed by atoms with Crippen molar-refractivity contribution in [3.63, 3.8) is 0 Å². The van der Waals surface area contributed by atoms with Gasteiger partial charge in [-0.15, -0.1) is 0 Å². The van der Waals surface area contributed by atoms with Gasteiger partial charge < -0.3 is 0 Å². The molecule has 84 valence electrons. The van der Waals surface area contributed by atoms with E-state index in [9.17, 15) is 0 Å². The fraction of sp³-hybridized carbons (Fsp3) is 0.200. The van der Waals surface area contributed by atoms with E-state index in [4.69, 9.17) is 23.2 Å². The van der Waals surface area contributed by atoms with E-state index in [-0.39, 0.29) is 0 Å². The lowest BCUT2D eigenvalue weighted by Gasteiger charge is -1.91. The second kappa shape index (κ2) is 6.35. The van der Waals surface area contributed by atoms with Crippen LogP contribution in [0.4, 0.5) is 0 Å². The molecule has 0 unspecified atom stereocenters. The van der Waals surface area contributed by atoms with Crippen LogP contribution in [0, 0.1) is 13.8 Å². The molecule has 0 fully saturated rings. The van der Waals surface area contributed by atoms with Crippen LogP contribution < -0.4 is 0 Å². The Bertz CT molecular complexity index is 397. The second-order valence-corrected chi connectivity index (χ2v) is 3.63. The summed E-state index contributed by atoms with van der Waals surface area (Å²) in [4.78, 5) is 15.3. The summed E-state index contributed by atoms with van der Waals surface area (Å²) in [5.41, 5.74) is 0. The molecule has 2 rings (SSSR count). The predicted molar refractivity (Wildman–Crippen MR) is 63.6 cm³/mol. The van der Waals surface area contributed by atoms with E-state index in [2.05, 4.69) is 19.9 Å². The molecular weight excluding hydrogens is 247 g/mol. The topological polar surface area (TPSA) is 51.6 Å². The molecule has 2 aromatic heterocycles. The average molecular weight is 257 g/mol. The Morgan fingerprint density at radius 3 is 1.69 bits per heavy atom. The van der Waals surface area contributed by atoms with Crippen molar-refractivity contribution in [1.29, 1.82) is 0 Å². The maximum atomic E-state index is 5.51. The van der Waals surface area contributed by atoms with Gasteiger partial charge in [-0.2, -0.15) is 0 Å². The van der Waals surface area contributed by atoms with Gasteiger partial charge in [-0.1, -0.05) is 23.2 Å². The molecule has 0 N–H and O–H groups in total. The fourth-order valence-electron chi connectivity index (χ4n) is 0.871. The van der Waals surface area contributed by atoms with Gasteiger partial charge in [-0.05, 0) is 19.9 Å². The highest BCUT2D eigenvalue weighted by molar-refractivity contribution is 6.33. The van der Waals surface area contributed by atoms with Crippen molar-refractivity contribution < 1.29 is 0 Å². The quantitative estimate of drug-likeness (QED) is 0.681. The summed E-state index contributed by atoms with van der Waals surface area (Å²) in [6.07, 6.45) is 3.45. The minimum atomic E-state index is 0.382. The first kappa shape index (κ1) is 12.8. The van der Waals surface area contributed by atoms with Gasteiger partial charge >= 0.3 is 0 Å². The Morgan fingerprint density at radius 1 is 0.875 bits per heavy atom. The monoisotopic (exact) mass is 256 g/mol. The largest absolute Gasteiger partial charge is 0.242 e. The summed E-state index contributed by atoms with van der Waals surface area (Å²) in [5.74, 6) is 1.41. The van der Waals surface area contributed by atoms with Crippen molar-refractivity contribution in [2.75, 3.05) is 0 Å². The molecule has 4 nitrogen and oxygen atoms in total. The van der Waals surface area contributed by atoms with Crippen molar-refractivity contribution >= 4 is 23.2 Å². The van der Waals surface area contributed by atoms with E-state index in [0.29, 0.717) is 16.1 Å². The zero-order valence-electron chi connectivity index (χ0n) is 8.85. The number of halogens is 2. The highest BCUT2D eigenvalue weighted by Gasteiger charge is 1.94. The van der Waals surface area contributed by atoms with Crippen LogP contribution in [0.25, 0.3) is 0 Å². The third kappa shape index (κ3) is 5.00. The van der Waals surface area contributed by atoms with Gasteiger partial charge in [-0.3, -0.25) is 0 Å². The molecule has 2 aromatic rings. The highest BCUT2D eigenvalue weighted by atomic mass is 35.5. The predicted octanol–water partition coefficient (Wildman–Crippen LogP) is 2.88. The molecule has 0 aliphatic carbocycles. The van der Waals surface area contributed by atoms with Crippen molar-refractivity contribution in [3.05, 3.63) is 46.5 Å². The van der Waals surface area contributed by atoms with Crippen LogP contribution in [0.3, 0.4) is 0 Å². The molecule has 0 aliphatic heterocycles. The smallest absolute Gasteiger partial charge is 0.134 e. The number of nitrogens with zero attached hydrogens (tertiary/aromatic N) is 4. The molecule has 0 amide bonds. The molecule has 2 heterocycles. The zero-order valence-corrected chi connectivity index (χ0v) is 10.4. The van der Waals surface area contributed by atoms with Crippen LogP contribution >= 0.6 is 23.2 Å². The first-order valence-corrected chi connectivity index (χ1v) is 5.24. The summed E-state index contributed by atoms with van der Waals surface area (Å²) in [7, 11) is 0. The highest BCUT2D eigenvalue weighted by Crippen LogP contribution is 2.10. The lowest BCUT2D eigenvalue weighted by molar-refractivity contribution is 1.05. The van der Waals surface area contributed by atoms with Gasteiger partial charge in [0.15, 0.2) is 0 Å². The van der Waals surface area contributed by atoms with Gasteiger partial charge in [0.25, 0.3) is 0 Å². The number of hydrogen-bond acceptors (Lipinski definition) is 4. The van der Waals surface area contributed by atoms with E-state index in [1.165, 1.54) is 6.07 Å². The van der Waals surface area contributed by atoms with Gasteiger partial charge in [-0.25, -0.2) is 19.9 Å². The van der Waals surface area contributed by atoms with E-state index >= 15 is 0 Å². The summed E-state index contributed by atoms with van der Waals surface area (Å²) >= 11 is 11.0. The molecule has 0 aromatic carbocycles. The summed E-state index contributed by atoms with van der Waals surface area (Å²) in [5, 5.41) is 0.764. The third-order valence-electron chi connectivity index (χ3n) is 1.47. The molecule has 0 bridgehead atoms. The molecule has 16 heavy (non-hydrogen) atoms. The summed E-state index contributed by atoms with van der Waals surface area (Å²) in [6, 6.07) is 3.29. The van der Waals surface area contributed by atoms with Crippen LogP contribution in [-0.4, -0.2) is 19.9 Å². The molecule has 0 aliphatic rings. The van der Waals surface area contributed by atoms with E-state index in [1.54, 1.807) is 25.4 Å². The molecule has 0 saturated heterocycles. The summed E-state index contributed by atoms with van der Waals surface area (Å²) in [6.45, 7) is 3.60. The van der Waals surface area contributed by atoms with Gasteiger partial charge in [0.1, 0.15) is 22.0 Å². The molecule has 0 saturated carbocycles. The first-order chi connectivity index (χ1) is 7.58. The Hall–Kier alpha value is -1.26. The van der Waals surface area contributed by atoms with Crippen molar-refractivity contribution in [3.8, 4) is 0 Å². The summed E-state index contributed by atoms with van der Waals surface area (Å²) < 4.78 is 0. The van der Waals surface area contributed by atoms with Crippen LogP contribution in [0.15, 0.2) is 24.5 Å². The lowest BCUT2D eigenvalue weighted by Crippen LogP contribution is -1.86. The second-order valence-electron chi connectivity index (χ2n) is 2.86. The Kier molecular flexibility index (Phi) is 5.08. The fourth-order valence-corrected chi connectivity index (χ4v) is 1.38. The molecule has 0 spiro atoms. The lowest BCUT2D eigenvalue weighted by atomic mass is 10.6. The Labute approximate surface area is 104 Å². The van der Waals surface area contributed by atoms with Crippen LogP contribution in [0.2, 0.25) is 10.3 Å². The molecular formula is C10H10Cl2N4. The van der Waals surface area contributed by atoms with Crippen LogP contribution in [-0.2, 0) is 0 Å². The maximum absolute atomic E-state index is 5.51. The van der Waals surface area contributed by atoms with Crippen molar-refractivity contribution in [2.45, 2.75) is 13.8 Å². The molecule has 0 atom stereocenters. The Morgan fingerprint density at radius 2 is 1.38 bits per heavy atom. The number of rotatable bonds is 0. The van der Waals surface area contributed by atoms with Crippen LogP contribution in [0.5, 0.6) is 0 Å². The third-order valence-corrected chi connectivity index (χ3v) is 1.86. The molecule has 0 radical (unpaired) electrons. The maximum Gasteiger partial charge on any atom is 0.134 e. The SMILES string of the molecule is Cc1nc(Cl)cc(Cl)n1.Cc1ncccn1. The number of hydrogen-bond donors (Lipinski definition) is 0. The van der Waals surface area contributed by atoms with Gasteiger partial charge in [0, 0.05) is 18.5 Å². The van der Waals surface area contributed by atoms with Crippen LogP contribution in [0.1, 0.15) is 11.6 Å². The van der Waals surface area contributed by atoms with Crippen molar-refractivity contribution in [1.82, 2.24) is 19.9 Å².